The third kappa shape index (κ3) is 3.46. The molecule has 0 radical (unpaired) electrons. The van der Waals surface area contributed by atoms with E-state index in [-0.39, 0.29) is 17.4 Å². The van der Waals surface area contributed by atoms with Crippen molar-refractivity contribution >= 4 is 22.7 Å². The van der Waals surface area contributed by atoms with Gasteiger partial charge in [-0.15, -0.1) is 11.3 Å². The van der Waals surface area contributed by atoms with Gasteiger partial charge < -0.3 is 10.1 Å². The molecule has 2 aromatic rings. The number of hydrogen-bond donors (Lipinski definition) is 1. The minimum Gasteiger partial charge on any atom is -0.490 e. The van der Waals surface area contributed by atoms with Gasteiger partial charge in [-0.2, -0.15) is 0 Å². The number of hydrogen-bond acceptors (Lipinski definition) is 6. The molecule has 0 bridgehead atoms. The van der Waals surface area contributed by atoms with Crippen molar-refractivity contribution in [2.75, 3.05) is 19.0 Å². The number of halogens is 1. The zero-order valence-electron chi connectivity index (χ0n) is 11.5. The van der Waals surface area contributed by atoms with Crippen LogP contribution < -0.4 is 10.1 Å². The maximum atomic E-state index is 13.9. The summed E-state index contributed by atoms with van der Waals surface area (Å²) in [5.41, 5.74) is -0.227. The van der Waals surface area contributed by atoms with Gasteiger partial charge in [0, 0.05) is 30.1 Å². The Hall–Kier alpha value is -2.22. The molecule has 6 nitrogen and oxygen atoms in total. The molecule has 8 heteroatoms. The van der Waals surface area contributed by atoms with E-state index in [1.165, 1.54) is 24.5 Å². The van der Waals surface area contributed by atoms with Crippen LogP contribution in [0.25, 0.3) is 0 Å². The van der Waals surface area contributed by atoms with E-state index >= 15 is 0 Å². The molecule has 1 unspecified atom stereocenters. The van der Waals surface area contributed by atoms with Crippen LogP contribution in [0.3, 0.4) is 0 Å². The van der Waals surface area contributed by atoms with Gasteiger partial charge in [0.25, 0.3) is 0 Å². The standard InChI is InChI=1S/C13H14FN3O3S/c1-8(13-15-3-4-21-13)7-16-10-6-12(20-2)11(17(18)19)5-9(10)14/h3-6,8,16H,7H2,1-2H3. The number of thiazole rings is 1. The monoisotopic (exact) mass is 311 g/mol. The summed E-state index contributed by atoms with van der Waals surface area (Å²) in [6.45, 7) is 2.43. The molecular weight excluding hydrogens is 297 g/mol. The topological polar surface area (TPSA) is 77.3 Å². The molecule has 1 atom stereocenters. The number of nitrogens with zero attached hydrogens (tertiary/aromatic N) is 2. The zero-order chi connectivity index (χ0) is 15.4. The van der Waals surface area contributed by atoms with Gasteiger partial charge in [0.15, 0.2) is 11.6 Å². The highest BCUT2D eigenvalue weighted by Crippen LogP contribution is 2.32. The summed E-state index contributed by atoms with van der Waals surface area (Å²) in [6, 6.07) is 2.15. The summed E-state index contributed by atoms with van der Waals surface area (Å²) in [5.74, 6) is -0.565. The van der Waals surface area contributed by atoms with Gasteiger partial charge in [-0.3, -0.25) is 10.1 Å². The van der Waals surface area contributed by atoms with E-state index in [9.17, 15) is 14.5 Å². The van der Waals surface area contributed by atoms with Crippen LogP contribution in [0, 0.1) is 15.9 Å². The molecule has 112 valence electrons. The summed E-state index contributed by atoms with van der Waals surface area (Å²) in [4.78, 5) is 14.3. The largest absolute Gasteiger partial charge is 0.490 e. The molecule has 0 saturated heterocycles. The van der Waals surface area contributed by atoms with Crippen LogP contribution in [0.5, 0.6) is 5.75 Å². The highest BCUT2D eigenvalue weighted by Gasteiger charge is 2.19. The van der Waals surface area contributed by atoms with E-state index in [0.717, 1.165) is 11.1 Å². The average molecular weight is 311 g/mol. The van der Waals surface area contributed by atoms with E-state index in [1.54, 1.807) is 6.20 Å². The first kappa shape index (κ1) is 15.2. The van der Waals surface area contributed by atoms with Gasteiger partial charge in [-0.25, -0.2) is 9.37 Å². The lowest BCUT2D eigenvalue weighted by Crippen LogP contribution is -2.11. The van der Waals surface area contributed by atoms with Crippen LogP contribution in [0.1, 0.15) is 17.8 Å². The molecule has 0 aliphatic carbocycles. The van der Waals surface area contributed by atoms with E-state index in [0.29, 0.717) is 6.54 Å². The lowest BCUT2D eigenvalue weighted by Gasteiger charge is -2.13. The number of rotatable bonds is 6. The third-order valence-electron chi connectivity index (χ3n) is 2.94. The summed E-state index contributed by atoms with van der Waals surface area (Å²) in [5, 5.41) is 16.5. The lowest BCUT2D eigenvalue weighted by molar-refractivity contribution is -0.385. The second-order valence-corrected chi connectivity index (χ2v) is 5.34. The smallest absolute Gasteiger partial charge is 0.313 e. The summed E-state index contributed by atoms with van der Waals surface area (Å²) < 4.78 is 18.8. The molecule has 0 aliphatic rings. The maximum Gasteiger partial charge on any atom is 0.313 e. The van der Waals surface area contributed by atoms with Gasteiger partial charge in [-0.05, 0) is 0 Å². The Morgan fingerprint density at radius 3 is 2.90 bits per heavy atom. The van der Waals surface area contributed by atoms with Gasteiger partial charge in [0.05, 0.1) is 28.8 Å². The van der Waals surface area contributed by atoms with Crippen molar-refractivity contribution in [3.05, 3.63) is 44.6 Å². The first-order valence-electron chi connectivity index (χ1n) is 6.18. The molecule has 0 saturated carbocycles. The van der Waals surface area contributed by atoms with Crippen molar-refractivity contribution in [3.8, 4) is 5.75 Å². The molecule has 21 heavy (non-hydrogen) atoms. The van der Waals surface area contributed by atoms with Crippen molar-refractivity contribution in [3.63, 3.8) is 0 Å². The summed E-state index contributed by atoms with van der Waals surface area (Å²) >= 11 is 1.53. The maximum absolute atomic E-state index is 13.9. The first-order chi connectivity index (χ1) is 10.0. The lowest BCUT2D eigenvalue weighted by atomic mass is 10.2. The van der Waals surface area contributed by atoms with E-state index in [1.807, 2.05) is 12.3 Å². The number of ether oxygens (including phenoxy) is 1. The molecule has 1 aromatic carbocycles. The number of nitro benzene ring substituents is 1. The summed E-state index contributed by atoms with van der Waals surface area (Å²) in [6.07, 6.45) is 1.71. The van der Waals surface area contributed by atoms with E-state index in [4.69, 9.17) is 4.74 Å². The van der Waals surface area contributed by atoms with Crippen LogP contribution in [0.4, 0.5) is 15.8 Å². The zero-order valence-corrected chi connectivity index (χ0v) is 12.3. The fourth-order valence-electron chi connectivity index (χ4n) is 1.81. The Bertz CT molecular complexity index is 634. The Morgan fingerprint density at radius 1 is 1.57 bits per heavy atom. The highest BCUT2D eigenvalue weighted by atomic mass is 32.1. The number of benzene rings is 1. The average Bonchev–Trinajstić information content (AvgIpc) is 2.99. The summed E-state index contributed by atoms with van der Waals surface area (Å²) in [7, 11) is 1.31. The third-order valence-corrected chi connectivity index (χ3v) is 3.94. The molecule has 0 aliphatic heterocycles. The minimum atomic E-state index is -0.686. The van der Waals surface area contributed by atoms with Crippen molar-refractivity contribution in [1.29, 1.82) is 0 Å². The molecule has 0 spiro atoms. The fraction of sp³-hybridized carbons (Fsp3) is 0.308. The van der Waals surface area contributed by atoms with Crippen LogP contribution in [-0.4, -0.2) is 23.6 Å². The normalized spacial score (nSPS) is 12.0. The van der Waals surface area contributed by atoms with E-state index < -0.39 is 16.4 Å². The Kier molecular flexibility index (Phi) is 4.69. The Labute approximate surface area is 124 Å². The molecule has 1 aromatic heterocycles. The molecule has 1 heterocycles. The van der Waals surface area contributed by atoms with Crippen molar-refractivity contribution in [2.24, 2.45) is 0 Å². The van der Waals surface area contributed by atoms with Gasteiger partial charge in [-0.1, -0.05) is 6.92 Å². The van der Waals surface area contributed by atoms with Crippen LogP contribution >= 0.6 is 11.3 Å². The van der Waals surface area contributed by atoms with Gasteiger partial charge in [0.2, 0.25) is 0 Å². The number of aromatic nitrogens is 1. The second-order valence-electron chi connectivity index (χ2n) is 4.41. The van der Waals surface area contributed by atoms with Crippen molar-refractivity contribution < 1.29 is 14.1 Å². The molecular formula is C13H14FN3O3S. The quantitative estimate of drug-likeness (QED) is 0.653. The SMILES string of the molecule is COc1cc(NCC(C)c2nccs2)c(F)cc1[N+](=O)[O-]. The van der Waals surface area contributed by atoms with Crippen LogP contribution in [0.15, 0.2) is 23.7 Å². The number of methoxy groups -OCH3 is 1. The Balaban J connectivity index is 2.15. The molecule has 2 rings (SSSR count). The molecule has 0 fully saturated rings. The van der Waals surface area contributed by atoms with Crippen LogP contribution in [-0.2, 0) is 0 Å². The van der Waals surface area contributed by atoms with Crippen molar-refractivity contribution in [2.45, 2.75) is 12.8 Å². The molecule has 1 N–H and O–H groups in total. The second kappa shape index (κ2) is 6.49. The fourth-order valence-corrected chi connectivity index (χ4v) is 2.51. The molecule has 0 amide bonds. The van der Waals surface area contributed by atoms with E-state index in [2.05, 4.69) is 10.3 Å². The first-order valence-corrected chi connectivity index (χ1v) is 7.06. The minimum absolute atomic E-state index is 0.0193. The number of nitro groups is 1. The van der Waals surface area contributed by atoms with Crippen LogP contribution in [0.2, 0.25) is 0 Å². The predicted molar refractivity (Wildman–Crippen MR) is 78.6 cm³/mol. The van der Waals surface area contributed by atoms with Crippen molar-refractivity contribution in [1.82, 2.24) is 4.98 Å². The number of nitrogens with one attached hydrogen (secondary N) is 1. The van der Waals surface area contributed by atoms with Gasteiger partial charge >= 0.3 is 5.69 Å². The number of anilines is 1. The Morgan fingerprint density at radius 2 is 2.33 bits per heavy atom. The van der Waals surface area contributed by atoms with Gasteiger partial charge in [0.1, 0.15) is 0 Å². The predicted octanol–water partition coefficient (Wildman–Crippen LogP) is 3.41. The highest BCUT2D eigenvalue weighted by molar-refractivity contribution is 7.09.